The molecule has 0 aromatic carbocycles. The second-order valence-electron chi connectivity index (χ2n) is 6.33. The van der Waals surface area contributed by atoms with Gasteiger partial charge in [0, 0.05) is 25.0 Å². The van der Waals surface area contributed by atoms with E-state index >= 15 is 0 Å². The predicted molar refractivity (Wildman–Crippen MR) is 74.1 cm³/mol. The highest BCUT2D eigenvalue weighted by molar-refractivity contribution is 5.79. The van der Waals surface area contributed by atoms with Gasteiger partial charge in [0.2, 0.25) is 5.91 Å². The molecule has 3 heteroatoms. The fraction of sp³-hybridized carbons (Fsp3) is 0.933. The average molecular weight is 252 g/mol. The fourth-order valence-electron chi connectivity index (χ4n) is 3.57. The predicted octanol–water partition coefficient (Wildman–Crippen LogP) is 2.54. The summed E-state index contributed by atoms with van der Waals surface area (Å²) < 4.78 is 0. The van der Waals surface area contributed by atoms with Gasteiger partial charge in [0.1, 0.15) is 0 Å². The van der Waals surface area contributed by atoms with E-state index in [1.54, 1.807) is 0 Å². The molecule has 104 valence electrons. The highest BCUT2D eigenvalue weighted by atomic mass is 16.2. The van der Waals surface area contributed by atoms with E-state index in [1.807, 2.05) is 0 Å². The SMILES string of the molecule is CCC1(CC)CCN(C(=O)C2CCC(N)CC2)C1. The Labute approximate surface area is 111 Å². The van der Waals surface area contributed by atoms with Crippen molar-refractivity contribution in [2.75, 3.05) is 13.1 Å². The van der Waals surface area contributed by atoms with Crippen molar-refractivity contribution in [3.8, 4) is 0 Å². The van der Waals surface area contributed by atoms with Gasteiger partial charge in [-0.1, -0.05) is 13.8 Å². The molecule has 2 rings (SSSR count). The van der Waals surface area contributed by atoms with E-state index in [0.717, 1.165) is 38.8 Å². The second kappa shape index (κ2) is 5.60. The zero-order valence-corrected chi connectivity index (χ0v) is 12.0. The largest absolute Gasteiger partial charge is 0.342 e. The fourth-order valence-corrected chi connectivity index (χ4v) is 3.57. The molecule has 0 aromatic heterocycles. The van der Waals surface area contributed by atoms with Crippen molar-refractivity contribution in [1.29, 1.82) is 0 Å². The molecule has 0 atom stereocenters. The van der Waals surface area contributed by atoms with Gasteiger partial charge in [-0.2, -0.15) is 0 Å². The minimum Gasteiger partial charge on any atom is -0.342 e. The summed E-state index contributed by atoms with van der Waals surface area (Å²) in [6.07, 6.45) is 7.64. The molecule has 0 aromatic rings. The topological polar surface area (TPSA) is 46.3 Å². The Morgan fingerprint density at radius 3 is 2.33 bits per heavy atom. The molecule has 1 heterocycles. The summed E-state index contributed by atoms with van der Waals surface area (Å²) in [4.78, 5) is 14.6. The minimum atomic E-state index is 0.259. The van der Waals surface area contributed by atoms with Crippen LogP contribution in [0.2, 0.25) is 0 Å². The van der Waals surface area contributed by atoms with Crippen molar-refractivity contribution in [3.05, 3.63) is 0 Å². The zero-order chi connectivity index (χ0) is 13.2. The molecule has 1 amide bonds. The molecule has 3 nitrogen and oxygen atoms in total. The van der Waals surface area contributed by atoms with Gasteiger partial charge >= 0.3 is 0 Å². The van der Waals surface area contributed by atoms with E-state index in [4.69, 9.17) is 5.73 Å². The first-order valence-electron chi connectivity index (χ1n) is 7.64. The number of hydrogen-bond acceptors (Lipinski definition) is 2. The normalized spacial score (nSPS) is 31.6. The molecule has 0 bridgehead atoms. The number of amides is 1. The number of rotatable bonds is 3. The summed E-state index contributed by atoms with van der Waals surface area (Å²) >= 11 is 0. The monoisotopic (exact) mass is 252 g/mol. The summed E-state index contributed by atoms with van der Waals surface area (Å²) in [6, 6.07) is 0.331. The lowest BCUT2D eigenvalue weighted by Gasteiger charge is -2.31. The molecular weight excluding hydrogens is 224 g/mol. The van der Waals surface area contributed by atoms with Crippen molar-refractivity contribution < 1.29 is 4.79 Å². The van der Waals surface area contributed by atoms with Crippen molar-refractivity contribution in [2.45, 2.75) is 64.8 Å². The average Bonchev–Trinajstić information content (AvgIpc) is 2.84. The molecule has 1 saturated carbocycles. The van der Waals surface area contributed by atoms with Crippen LogP contribution in [0.15, 0.2) is 0 Å². The van der Waals surface area contributed by atoms with Gasteiger partial charge in [0.05, 0.1) is 0 Å². The van der Waals surface area contributed by atoms with Crippen LogP contribution in [0.1, 0.15) is 58.8 Å². The van der Waals surface area contributed by atoms with E-state index in [0.29, 0.717) is 17.4 Å². The van der Waals surface area contributed by atoms with E-state index in [2.05, 4.69) is 18.7 Å². The van der Waals surface area contributed by atoms with E-state index in [1.165, 1.54) is 19.3 Å². The molecule has 1 aliphatic heterocycles. The van der Waals surface area contributed by atoms with Gasteiger partial charge in [-0.05, 0) is 50.4 Å². The van der Waals surface area contributed by atoms with Crippen LogP contribution in [-0.2, 0) is 4.79 Å². The number of nitrogens with zero attached hydrogens (tertiary/aromatic N) is 1. The quantitative estimate of drug-likeness (QED) is 0.839. The van der Waals surface area contributed by atoms with Crippen molar-refractivity contribution in [1.82, 2.24) is 4.90 Å². The van der Waals surface area contributed by atoms with Crippen LogP contribution in [0.5, 0.6) is 0 Å². The Bertz CT molecular complexity index is 291. The summed E-state index contributed by atoms with van der Waals surface area (Å²) in [7, 11) is 0. The Hall–Kier alpha value is -0.570. The van der Waals surface area contributed by atoms with Crippen LogP contribution in [0.3, 0.4) is 0 Å². The third-order valence-corrected chi connectivity index (χ3v) is 5.37. The number of hydrogen-bond donors (Lipinski definition) is 1. The Morgan fingerprint density at radius 1 is 1.22 bits per heavy atom. The van der Waals surface area contributed by atoms with Crippen molar-refractivity contribution in [3.63, 3.8) is 0 Å². The molecular formula is C15H28N2O. The Kier molecular flexibility index (Phi) is 4.31. The first kappa shape index (κ1) is 13.9. The van der Waals surface area contributed by atoms with E-state index < -0.39 is 0 Å². The van der Waals surface area contributed by atoms with E-state index in [9.17, 15) is 4.79 Å². The van der Waals surface area contributed by atoms with Gasteiger partial charge < -0.3 is 10.6 Å². The molecule has 18 heavy (non-hydrogen) atoms. The van der Waals surface area contributed by atoms with Crippen LogP contribution in [-0.4, -0.2) is 29.9 Å². The van der Waals surface area contributed by atoms with Gasteiger partial charge in [0.25, 0.3) is 0 Å². The highest BCUT2D eigenvalue weighted by Crippen LogP contribution is 2.38. The summed E-state index contributed by atoms with van der Waals surface area (Å²) in [5, 5.41) is 0. The summed E-state index contributed by atoms with van der Waals surface area (Å²) in [5.41, 5.74) is 6.32. The third-order valence-electron chi connectivity index (χ3n) is 5.37. The highest BCUT2D eigenvalue weighted by Gasteiger charge is 2.39. The Balaban J connectivity index is 1.91. The molecule has 1 aliphatic carbocycles. The lowest BCUT2D eigenvalue weighted by molar-refractivity contribution is -0.136. The Morgan fingerprint density at radius 2 is 1.83 bits per heavy atom. The van der Waals surface area contributed by atoms with Gasteiger partial charge in [-0.3, -0.25) is 4.79 Å². The smallest absolute Gasteiger partial charge is 0.225 e. The molecule has 2 N–H and O–H groups in total. The van der Waals surface area contributed by atoms with Gasteiger partial charge in [-0.15, -0.1) is 0 Å². The maximum absolute atomic E-state index is 12.5. The molecule has 1 saturated heterocycles. The maximum atomic E-state index is 12.5. The molecule has 0 unspecified atom stereocenters. The van der Waals surface area contributed by atoms with Crippen LogP contribution in [0.4, 0.5) is 0 Å². The summed E-state index contributed by atoms with van der Waals surface area (Å²) in [5.74, 6) is 0.667. The second-order valence-corrected chi connectivity index (χ2v) is 6.33. The summed E-state index contributed by atoms with van der Waals surface area (Å²) in [6.45, 7) is 6.48. The first-order valence-corrected chi connectivity index (χ1v) is 7.64. The lowest BCUT2D eigenvalue weighted by Crippen LogP contribution is -2.39. The zero-order valence-electron chi connectivity index (χ0n) is 12.0. The van der Waals surface area contributed by atoms with Crippen LogP contribution < -0.4 is 5.73 Å². The lowest BCUT2D eigenvalue weighted by atomic mass is 9.81. The number of carbonyl (C=O) groups is 1. The first-order chi connectivity index (χ1) is 8.60. The van der Waals surface area contributed by atoms with Crippen LogP contribution in [0.25, 0.3) is 0 Å². The molecule has 0 spiro atoms. The molecule has 2 fully saturated rings. The number of nitrogens with two attached hydrogens (primary N) is 1. The minimum absolute atomic E-state index is 0.259. The van der Waals surface area contributed by atoms with Crippen LogP contribution in [0, 0.1) is 11.3 Å². The molecule has 2 aliphatic rings. The third kappa shape index (κ3) is 2.71. The van der Waals surface area contributed by atoms with Gasteiger partial charge in [-0.25, -0.2) is 0 Å². The maximum Gasteiger partial charge on any atom is 0.225 e. The number of carbonyl (C=O) groups excluding carboxylic acids is 1. The van der Waals surface area contributed by atoms with Crippen molar-refractivity contribution in [2.24, 2.45) is 17.1 Å². The number of likely N-dealkylation sites (tertiary alicyclic amines) is 1. The standard InChI is InChI=1S/C15H28N2O/c1-3-15(4-2)9-10-17(11-15)14(18)12-5-7-13(16)8-6-12/h12-13H,3-11,16H2,1-2H3. The van der Waals surface area contributed by atoms with E-state index in [-0.39, 0.29) is 5.92 Å². The van der Waals surface area contributed by atoms with Crippen molar-refractivity contribution >= 4 is 5.91 Å². The van der Waals surface area contributed by atoms with Gasteiger partial charge in [0.15, 0.2) is 0 Å². The molecule has 0 radical (unpaired) electrons. The van der Waals surface area contributed by atoms with Crippen LogP contribution >= 0.6 is 0 Å².